The first kappa shape index (κ1) is 30.4. The van der Waals surface area contributed by atoms with Gasteiger partial charge in [0.2, 0.25) is 0 Å². The average Bonchev–Trinajstić information content (AvgIpc) is 2.93. The van der Waals surface area contributed by atoms with Gasteiger partial charge in [0.1, 0.15) is 5.60 Å². The third-order valence-corrected chi connectivity index (χ3v) is 7.50. The van der Waals surface area contributed by atoms with E-state index in [1.165, 1.54) is 29.2 Å². The molecule has 1 aliphatic heterocycles. The minimum absolute atomic E-state index is 0.194. The van der Waals surface area contributed by atoms with Crippen LogP contribution in [0, 0.1) is 5.92 Å². The van der Waals surface area contributed by atoms with E-state index in [1.807, 2.05) is 12.1 Å². The van der Waals surface area contributed by atoms with Crippen LogP contribution in [-0.4, -0.2) is 48.1 Å². The molecule has 11 heteroatoms. The second-order valence-corrected chi connectivity index (χ2v) is 10.5. The monoisotopic (exact) mass is 579 g/mol. The predicted molar refractivity (Wildman–Crippen MR) is 143 cm³/mol. The van der Waals surface area contributed by atoms with Crippen molar-refractivity contribution in [3.05, 3.63) is 101 Å². The van der Waals surface area contributed by atoms with Gasteiger partial charge in [0.25, 0.3) is 0 Å². The Morgan fingerprint density at radius 3 is 1.59 bits per heavy atom. The van der Waals surface area contributed by atoms with Crippen molar-refractivity contribution in [1.82, 2.24) is 9.80 Å². The molecule has 0 bridgehead atoms. The van der Waals surface area contributed by atoms with Crippen molar-refractivity contribution >= 4 is 11.7 Å². The minimum atomic E-state index is -4.56. The van der Waals surface area contributed by atoms with Crippen molar-refractivity contribution in [2.24, 2.45) is 5.92 Å². The molecule has 41 heavy (non-hydrogen) atoms. The zero-order chi connectivity index (χ0) is 30.0. The van der Waals surface area contributed by atoms with E-state index in [9.17, 15) is 36.2 Å². The fourth-order valence-electron chi connectivity index (χ4n) is 5.16. The molecule has 5 nitrogen and oxygen atoms in total. The van der Waals surface area contributed by atoms with Gasteiger partial charge in [-0.15, -0.1) is 0 Å². The smallest absolute Gasteiger partial charge is 0.380 e. The third-order valence-electron chi connectivity index (χ3n) is 7.50. The number of urea groups is 1. The van der Waals surface area contributed by atoms with Crippen LogP contribution in [0.15, 0.2) is 72.8 Å². The predicted octanol–water partition coefficient (Wildman–Crippen LogP) is 6.97. The van der Waals surface area contributed by atoms with Crippen LogP contribution in [0.2, 0.25) is 0 Å². The van der Waals surface area contributed by atoms with E-state index in [1.54, 1.807) is 26.2 Å². The quantitative estimate of drug-likeness (QED) is 0.311. The molecule has 1 aliphatic rings. The first-order valence-corrected chi connectivity index (χ1v) is 13.1. The highest BCUT2D eigenvalue weighted by Gasteiger charge is 2.43. The summed E-state index contributed by atoms with van der Waals surface area (Å²) in [5.74, 6) is -0.448. The van der Waals surface area contributed by atoms with Crippen molar-refractivity contribution in [3.63, 3.8) is 0 Å². The van der Waals surface area contributed by atoms with E-state index < -0.39 is 35.0 Å². The number of carbonyl (C=O) groups excluding carboxylic acids is 1. The van der Waals surface area contributed by atoms with Crippen molar-refractivity contribution in [2.45, 2.75) is 37.3 Å². The van der Waals surface area contributed by atoms with Crippen molar-refractivity contribution in [1.29, 1.82) is 0 Å². The molecule has 0 spiro atoms. The van der Waals surface area contributed by atoms with Crippen LogP contribution < -0.4 is 5.32 Å². The summed E-state index contributed by atoms with van der Waals surface area (Å²) in [4.78, 5) is 15.4. The number of hydrogen-bond acceptors (Lipinski definition) is 3. The third kappa shape index (κ3) is 7.02. The van der Waals surface area contributed by atoms with E-state index in [2.05, 4.69) is 10.2 Å². The first-order chi connectivity index (χ1) is 19.2. The molecule has 3 aromatic rings. The summed E-state index contributed by atoms with van der Waals surface area (Å²) >= 11 is 0. The van der Waals surface area contributed by atoms with E-state index in [4.69, 9.17) is 0 Å². The summed E-state index contributed by atoms with van der Waals surface area (Å²) in [6.07, 6.45) is -8.19. The van der Waals surface area contributed by atoms with Crippen LogP contribution in [0.25, 0.3) is 0 Å². The van der Waals surface area contributed by atoms with Crippen LogP contribution in [-0.2, 0) is 24.5 Å². The summed E-state index contributed by atoms with van der Waals surface area (Å²) in [6.45, 7) is 1.73. The molecular formula is C30H31F6N3O2. The number of aliphatic hydroxyl groups is 1. The second kappa shape index (κ2) is 11.7. The number of nitrogens with zero attached hydrogens (tertiary/aromatic N) is 2. The summed E-state index contributed by atoms with van der Waals surface area (Å²) in [6, 6.07) is 15.5. The number of anilines is 1. The van der Waals surface area contributed by atoms with Gasteiger partial charge >= 0.3 is 18.4 Å². The molecule has 0 aliphatic carbocycles. The lowest BCUT2D eigenvalue weighted by Crippen LogP contribution is -2.44. The number of carbonyl (C=O) groups is 1. The van der Waals surface area contributed by atoms with Gasteiger partial charge in [-0.05, 0) is 84.9 Å². The molecule has 1 fully saturated rings. The zero-order valence-electron chi connectivity index (χ0n) is 22.6. The Hall–Kier alpha value is -3.57. The fraction of sp³-hybridized carbons (Fsp3) is 0.367. The Morgan fingerprint density at radius 1 is 0.780 bits per heavy atom. The van der Waals surface area contributed by atoms with Gasteiger partial charge in [0.15, 0.2) is 0 Å². The number of halogens is 6. The maximum absolute atomic E-state index is 13.2. The topological polar surface area (TPSA) is 55.8 Å². The Labute approximate surface area is 234 Å². The molecule has 0 atom stereocenters. The van der Waals surface area contributed by atoms with Crippen LogP contribution in [0.5, 0.6) is 0 Å². The number of hydrogen-bond donors (Lipinski definition) is 2. The number of benzene rings is 3. The van der Waals surface area contributed by atoms with E-state index in [0.29, 0.717) is 38.2 Å². The molecule has 0 saturated carbocycles. The molecule has 3 aromatic carbocycles. The van der Waals surface area contributed by atoms with E-state index in [0.717, 1.165) is 29.8 Å². The lowest BCUT2D eigenvalue weighted by atomic mass is 9.71. The van der Waals surface area contributed by atoms with Gasteiger partial charge < -0.3 is 15.3 Å². The summed E-state index contributed by atoms with van der Waals surface area (Å²) in [7, 11) is 3.28. The maximum Gasteiger partial charge on any atom is 0.416 e. The highest BCUT2D eigenvalue weighted by Crippen LogP contribution is 2.44. The lowest BCUT2D eigenvalue weighted by molar-refractivity contribution is -0.138. The molecule has 1 heterocycles. The lowest BCUT2D eigenvalue weighted by Gasteiger charge is -2.42. The first-order valence-electron chi connectivity index (χ1n) is 13.1. The largest absolute Gasteiger partial charge is 0.416 e. The van der Waals surface area contributed by atoms with Gasteiger partial charge in [-0.3, -0.25) is 4.90 Å². The average molecular weight is 580 g/mol. The van der Waals surface area contributed by atoms with Crippen LogP contribution in [0.3, 0.4) is 0 Å². The number of alkyl halides is 6. The molecule has 0 radical (unpaired) electrons. The molecule has 4 rings (SSSR count). The van der Waals surface area contributed by atoms with Gasteiger partial charge in [0, 0.05) is 26.3 Å². The van der Waals surface area contributed by atoms with Gasteiger partial charge in [-0.25, -0.2) is 4.79 Å². The Bertz CT molecular complexity index is 1260. The standard InChI is InChI=1S/C30H31F6N3O2/c1-38(2)27(40)37-26-13-3-20(4-14-26)19-39-17-15-23(16-18-39)28(41,21-5-9-24(10-6-21)29(31,32)33)22-7-11-25(12-8-22)30(34,35)36/h3-14,23,41H,15-19H2,1-2H3,(H,37,40). The molecule has 0 aromatic heterocycles. The normalized spacial score (nSPS) is 15.5. The fourth-order valence-corrected chi connectivity index (χ4v) is 5.16. The number of likely N-dealkylation sites (tertiary alicyclic amines) is 1. The Morgan fingerprint density at radius 2 is 1.20 bits per heavy atom. The van der Waals surface area contributed by atoms with Gasteiger partial charge in [0.05, 0.1) is 11.1 Å². The molecule has 1 saturated heterocycles. The minimum Gasteiger partial charge on any atom is -0.380 e. The summed E-state index contributed by atoms with van der Waals surface area (Å²) < 4.78 is 79.1. The zero-order valence-corrected chi connectivity index (χ0v) is 22.6. The van der Waals surface area contributed by atoms with Crippen molar-refractivity contribution < 1.29 is 36.2 Å². The molecule has 2 amide bonds. The molecule has 220 valence electrons. The van der Waals surface area contributed by atoms with Crippen LogP contribution >= 0.6 is 0 Å². The Balaban J connectivity index is 1.52. The molecular weight excluding hydrogens is 548 g/mol. The summed E-state index contributed by atoms with van der Waals surface area (Å²) in [5.41, 5.74) is -1.49. The van der Waals surface area contributed by atoms with Gasteiger partial charge in [-0.1, -0.05) is 36.4 Å². The SMILES string of the molecule is CN(C)C(=O)Nc1ccc(CN2CCC(C(O)(c3ccc(C(F)(F)F)cc3)c3ccc(C(F)(F)F)cc3)CC2)cc1. The van der Waals surface area contributed by atoms with Crippen molar-refractivity contribution in [3.8, 4) is 0 Å². The van der Waals surface area contributed by atoms with Crippen LogP contribution in [0.4, 0.5) is 36.8 Å². The highest BCUT2D eigenvalue weighted by atomic mass is 19.4. The van der Waals surface area contributed by atoms with E-state index >= 15 is 0 Å². The highest BCUT2D eigenvalue weighted by molar-refractivity contribution is 5.88. The molecule has 2 N–H and O–H groups in total. The number of rotatable bonds is 6. The summed E-state index contributed by atoms with van der Waals surface area (Å²) in [5, 5.41) is 14.8. The number of nitrogens with one attached hydrogen (secondary N) is 1. The van der Waals surface area contributed by atoms with E-state index in [-0.39, 0.29) is 17.2 Å². The molecule has 0 unspecified atom stereocenters. The Kier molecular flexibility index (Phi) is 8.70. The van der Waals surface area contributed by atoms with Gasteiger partial charge in [-0.2, -0.15) is 26.3 Å². The maximum atomic E-state index is 13.2. The number of amides is 2. The number of piperidine rings is 1. The second-order valence-electron chi connectivity index (χ2n) is 10.5. The van der Waals surface area contributed by atoms with Crippen LogP contribution in [0.1, 0.15) is 40.7 Å². The van der Waals surface area contributed by atoms with Crippen molar-refractivity contribution in [2.75, 3.05) is 32.5 Å².